The lowest BCUT2D eigenvalue weighted by Crippen LogP contribution is -2.53. The number of hydrogen-bond acceptors (Lipinski definition) is 5. The van der Waals surface area contributed by atoms with Crippen molar-refractivity contribution in [3.05, 3.63) is 87.2 Å². The Balaban J connectivity index is 1.56. The number of likely N-dealkylation sites (tertiary alicyclic amines) is 1. The van der Waals surface area contributed by atoms with Crippen LogP contribution in [0.5, 0.6) is 0 Å². The van der Waals surface area contributed by atoms with Crippen LogP contribution in [0.4, 0.5) is 10.5 Å². The molecular formula is C26H21Cl2N5O4. The quantitative estimate of drug-likeness (QED) is 0.467. The predicted molar refractivity (Wildman–Crippen MR) is 137 cm³/mol. The third kappa shape index (κ3) is 4.13. The lowest BCUT2D eigenvalue weighted by molar-refractivity contribution is -0.124. The number of aromatic carboxylic acids is 1. The van der Waals surface area contributed by atoms with Gasteiger partial charge < -0.3 is 15.0 Å². The van der Waals surface area contributed by atoms with Crippen molar-refractivity contribution in [3.8, 4) is 6.07 Å². The number of benzene rings is 2. The normalized spacial score (nSPS) is 21.7. The molecule has 1 spiro atoms. The first-order valence-corrected chi connectivity index (χ1v) is 12.1. The number of likely N-dealkylation sites (N-methyl/N-ethyl adjacent to an activating group) is 1. The molecule has 3 heterocycles. The summed E-state index contributed by atoms with van der Waals surface area (Å²) in [5.74, 6) is -1.89. The summed E-state index contributed by atoms with van der Waals surface area (Å²) < 4.78 is 0. The van der Waals surface area contributed by atoms with E-state index in [1.165, 1.54) is 23.1 Å². The predicted octanol–water partition coefficient (Wildman–Crippen LogP) is 4.33. The first-order chi connectivity index (χ1) is 17.6. The molecule has 37 heavy (non-hydrogen) atoms. The molecule has 2 aromatic carbocycles. The van der Waals surface area contributed by atoms with E-state index in [9.17, 15) is 24.8 Å². The first-order valence-electron chi connectivity index (χ1n) is 11.4. The van der Waals surface area contributed by atoms with Gasteiger partial charge in [-0.25, -0.2) is 14.5 Å². The average Bonchev–Trinajstić information content (AvgIpc) is 3.53. The Morgan fingerprint density at radius 2 is 1.84 bits per heavy atom. The monoisotopic (exact) mass is 537 g/mol. The van der Waals surface area contributed by atoms with Gasteiger partial charge in [0.25, 0.3) is 5.91 Å². The van der Waals surface area contributed by atoms with E-state index in [0.29, 0.717) is 28.7 Å². The topological polar surface area (TPSA) is 121 Å². The smallest absolute Gasteiger partial charge is 0.352 e. The van der Waals surface area contributed by atoms with Crippen LogP contribution in [0.1, 0.15) is 33.1 Å². The Labute approximate surface area is 222 Å². The van der Waals surface area contributed by atoms with E-state index in [4.69, 9.17) is 23.2 Å². The number of amides is 3. The van der Waals surface area contributed by atoms with Gasteiger partial charge >= 0.3 is 12.0 Å². The largest absolute Gasteiger partial charge is 0.477 e. The fourth-order valence-corrected chi connectivity index (χ4v) is 5.84. The maximum atomic E-state index is 14.2. The van der Waals surface area contributed by atoms with Gasteiger partial charge in [-0.3, -0.25) is 9.69 Å². The highest BCUT2D eigenvalue weighted by atomic mass is 35.5. The van der Waals surface area contributed by atoms with Gasteiger partial charge in [0.1, 0.15) is 11.2 Å². The molecule has 1 aromatic heterocycles. The molecular weight excluding hydrogens is 517 g/mol. The number of nitriles is 1. The Hall–Kier alpha value is -3.84. The number of nitrogens with zero attached hydrogens (tertiary/aromatic N) is 4. The van der Waals surface area contributed by atoms with Crippen LogP contribution in [0.25, 0.3) is 0 Å². The fourth-order valence-electron chi connectivity index (χ4n) is 5.33. The number of aromatic nitrogens is 1. The molecule has 3 aromatic rings. The van der Waals surface area contributed by atoms with Crippen LogP contribution in [0.15, 0.2) is 54.7 Å². The second-order valence-electron chi connectivity index (χ2n) is 9.22. The van der Waals surface area contributed by atoms with Crippen molar-refractivity contribution >= 4 is 46.8 Å². The lowest BCUT2D eigenvalue weighted by Gasteiger charge is -2.34. The van der Waals surface area contributed by atoms with Gasteiger partial charge in [-0.05, 0) is 47.5 Å². The van der Waals surface area contributed by atoms with Crippen LogP contribution in [-0.4, -0.2) is 63.5 Å². The maximum Gasteiger partial charge on any atom is 0.352 e. The van der Waals surface area contributed by atoms with E-state index in [1.807, 2.05) is 4.90 Å². The number of halogens is 2. The molecule has 0 radical (unpaired) electrons. The van der Waals surface area contributed by atoms with E-state index in [2.05, 4.69) is 11.1 Å². The van der Waals surface area contributed by atoms with Crippen LogP contribution >= 0.6 is 23.2 Å². The van der Waals surface area contributed by atoms with Crippen molar-refractivity contribution in [3.63, 3.8) is 0 Å². The Kier molecular flexibility index (Phi) is 6.20. The first kappa shape index (κ1) is 24.8. The van der Waals surface area contributed by atoms with Gasteiger partial charge in [0, 0.05) is 48.8 Å². The number of hydrogen-bond donors (Lipinski definition) is 2. The molecule has 11 heteroatoms. The van der Waals surface area contributed by atoms with Gasteiger partial charge in [0.05, 0.1) is 17.3 Å². The van der Waals surface area contributed by atoms with Gasteiger partial charge in [-0.1, -0.05) is 35.3 Å². The van der Waals surface area contributed by atoms with Crippen LogP contribution in [0.3, 0.4) is 0 Å². The highest BCUT2D eigenvalue weighted by molar-refractivity contribution is 6.35. The number of carbonyl (C=O) groups excluding carboxylic acids is 2. The molecule has 2 atom stereocenters. The van der Waals surface area contributed by atoms with Gasteiger partial charge in [-0.15, -0.1) is 0 Å². The van der Waals surface area contributed by atoms with E-state index in [-0.39, 0.29) is 17.9 Å². The summed E-state index contributed by atoms with van der Waals surface area (Å²) in [7, 11) is 1.60. The molecule has 0 aliphatic carbocycles. The molecule has 2 aliphatic heterocycles. The van der Waals surface area contributed by atoms with Crippen molar-refractivity contribution in [1.82, 2.24) is 14.8 Å². The fraction of sp³-hybridized carbons (Fsp3) is 0.231. The van der Waals surface area contributed by atoms with Crippen molar-refractivity contribution < 1.29 is 19.5 Å². The summed E-state index contributed by atoms with van der Waals surface area (Å²) in [5.41, 5.74) is 1.14. The molecule has 0 bridgehead atoms. The molecule has 2 aliphatic rings. The zero-order chi connectivity index (χ0) is 26.5. The molecule has 188 valence electrons. The highest BCUT2D eigenvalue weighted by Crippen LogP contribution is 2.47. The van der Waals surface area contributed by atoms with Gasteiger partial charge in [0.15, 0.2) is 0 Å². The molecule has 5 rings (SSSR count). The second kappa shape index (κ2) is 9.23. The number of imide groups is 1. The third-order valence-corrected chi connectivity index (χ3v) is 7.50. The average molecular weight is 538 g/mol. The zero-order valence-corrected chi connectivity index (χ0v) is 21.1. The van der Waals surface area contributed by atoms with Crippen LogP contribution in [0.2, 0.25) is 10.0 Å². The van der Waals surface area contributed by atoms with Crippen molar-refractivity contribution in [2.24, 2.45) is 0 Å². The minimum atomic E-state index is -1.24. The van der Waals surface area contributed by atoms with Crippen molar-refractivity contribution in [2.75, 3.05) is 25.0 Å². The van der Waals surface area contributed by atoms with Gasteiger partial charge in [0.2, 0.25) is 0 Å². The number of rotatable bonds is 5. The van der Waals surface area contributed by atoms with Crippen LogP contribution in [0, 0.1) is 11.3 Å². The number of urea groups is 1. The molecule has 2 fully saturated rings. The maximum absolute atomic E-state index is 14.2. The second-order valence-corrected chi connectivity index (χ2v) is 10.1. The Morgan fingerprint density at radius 1 is 1.16 bits per heavy atom. The van der Waals surface area contributed by atoms with Gasteiger partial charge in [-0.2, -0.15) is 5.26 Å². The summed E-state index contributed by atoms with van der Waals surface area (Å²) >= 11 is 12.4. The highest BCUT2D eigenvalue weighted by Gasteiger charge is 2.64. The zero-order valence-electron chi connectivity index (χ0n) is 19.6. The van der Waals surface area contributed by atoms with E-state index >= 15 is 0 Å². The summed E-state index contributed by atoms with van der Waals surface area (Å²) in [5, 5.41) is 19.1. The number of anilines is 1. The Morgan fingerprint density at radius 3 is 2.43 bits per heavy atom. The summed E-state index contributed by atoms with van der Waals surface area (Å²) in [6.45, 7) is 1.01. The Bertz CT molecular complexity index is 1440. The SMILES string of the molecule is CN1C(=O)N(c2cc(Cl)cc(Cl)c2)C(=O)[C@]12CN(Cc1c[nH]c(C(=O)O)c1)C[C@@H]2c1ccc(C#N)cc1. The van der Waals surface area contributed by atoms with E-state index in [1.54, 1.807) is 43.6 Å². The van der Waals surface area contributed by atoms with Crippen molar-refractivity contribution in [2.45, 2.75) is 18.0 Å². The number of H-pyrrole nitrogens is 1. The minimum absolute atomic E-state index is 0.0702. The van der Waals surface area contributed by atoms with Crippen LogP contribution in [-0.2, 0) is 11.3 Å². The number of carbonyl (C=O) groups is 3. The minimum Gasteiger partial charge on any atom is -0.477 e. The molecule has 9 nitrogen and oxygen atoms in total. The summed E-state index contributed by atoms with van der Waals surface area (Å²) in [6, 6.07) is 14.7. The molecule has 2 saturated heterocycles. The molecule has 3 amide bonds. The number of carboxylic acids is 1. The number of carboxylic acid groups (broad SMARTS) is 1. The van der Waals surface area contributed by atoms with E-state index in [0.717, 1.165) is 16.0 Å². The van der Waals surface area contributed by atoms with Crippen molar-refractivity contribution in [1.29, 1.82) is 5.26 Å². The summed E-state index contributed by atoms with van der Waals surface area (Å²) in [4.78, 5) is 46.4. The molecule has 0 saturated carbocycles. The number of nitrogens with one attached hydrogen (secondary N) is 1. The standard InChI is InChI=1S/C26H21Cl2N5O4/c1-31-25(37)33(20-8-18(27)7-19(28)9-20)24(36)26(31)14-32(12-16-6-22(23(34)35)30-11-16)13-21(26)17-4-2-15(10-29)3-5-17/h2-9,11,21,30H,12-14H2,1H3,(H,34,35)/t21-,26-/m1/s1. The number of aromatic amines is 1. The van der Waals surface area contributed by atoms with Crippen LogP contribution < -0.4 is 4.90 Å². The summed E-state index contributed by atoms with van der Waals surface area (Å²) in [6.07, 6.45) is 1.62. The molecule has 2 N–H and O–H groups in total. The third-order valence-electron chi connectivity index (χ3n) is 7.06. The van der Waals surface area contributed by atoms with E-state index < -0.39 is 29.4 Å². The molecule has 0 unspecified atom stereocenters. The lowest BCUT2D eigenvalue weighted by atomic mass is 9.80.